The van der Waals surface area contributed by atoms with Gasteiger partial charge in [0.2, 0.25) is 0 Å². The maximum absolute atomic E-state index is 8.99. The predicted octanol–water partition coefficient (Wildman–Crippen LogP) is 5.94. The van der Waals surface area contributed by atoms with Crippen LogP contribution in [0.3, 0.4) is 0 Å². The fourth-order valence-corrected chi connectivity index (χ4v) is 2.91. The molecule has 0 amide bonds. The summed E-state index contributed by atoms with van der Waals surface area (Å²) < 4.78 is 5.74. The molecule has 0 saturated heterocycles. The van der Waals surface area contributed by atoms with E-state index in [1.807, 2.05) is 60.7 Å². The number of halogens is 3. The lowest BCUT2D eigenvalue weighted by atomic mass is 10.2. The number of hydrazone groups is 1. The Balaban J connectivity index is 1.62. The molecular weight excluding hydrogens is 419 g/mol. The quantitative estimate of drug-likeness (QED) is 0.298. The van der Waals surface area contributed by atoms with Gasteiger partial charge in [-0.05, 0) is 35.4 Å². The standard InChI is InChI=1S/C20H13Cl3N4O/c21-17-16(10-24)19(23)26-20(18(17)22)27-25-11-13-6-8-15(9-7-13)28-12-14-4-2-1-3-5-14/h1-9,11H,12H2,(H,26,27)/b25-11-. The smallest absolute Gasteiger partial charge is 0.168 e. The number of ether oxygens (including phenoxy) is 1. The van der Waals surface area contributed by atoms with E-state index >= 15 is 0 Å². The number of nitrogens with zero attached hydrogens (tertiary/aromatic N) is 3. The van der Waals surface area contributed by atoms with Crippen LogP contribution in [0.15, 0.2) is 59.7 Å². The molecule has 0 spiro atoms. The van der Waals surface area contributed by atoms with Crippen LogP contribution in [0.4, 0.5) is 5.82 Å². The van der Waals surface area contributed by atoms with Crippen molar-refractivity contribution in [1.82, 2.24) is 4.98 Å². The van der Waals surface area contributed by atoms with Crippen molar-refractivity contribution in [3.63, 3.8) is 0 Å². The van der Waals surface area contributed by atoms with Gasteiger partial charge in [-0.25, -0.2) is 4.98 Å². The van der Waals surface area contributed by atoms with Crippen molar-refractivity contribution in [3.8, 4) is 11.8 Å². The summed E-state index contributed by atoms with van der Waals surface area (Å²) in [5.74, 6) is 0.916. The van der Waals surface area contributed by atoms with Crippen LogP contribution < -0.4 is 10.2 Å². The molecule has 3 rings (SSSR count). The molecule has 0 fully saturated rings. The number of nitrogens with one attached hydrogen (secondary N) is 1. The summed E-state index contributed by atoms with van der Waals surface area (Å²) in [7, 11) is 0. The number of benzene rings is 2. The molecule has 0 unspecified atom stereocenters. The molecule has 3 aromatic rings. The van der Waals surface area contributed by atoms with E-state index < -0.39 is 0 Å². The maximum Gasteiger partial charge on any atom is 0.168 e. The van der Waals surface area contributed by atoms with Gasteiger partial charge in [-0.2, -0.15) is 10.4 Å². The van der Waals surface area contributed by atoms with E-state index in [0.29, 0.717) is 6.61 Å². The molecule has 1 N–H and O–H groups in total. The lowest BCUT2D eigenvalue weighted by Crippen LogP contribution is -1.98. The Morgan fingerprint density at radius 1 is 1.04 bits per heavy atom. The maximum atomic E-state index is 8.99. The normalized spacial score (nSPS) is 10.6. The lowest BCUT2D eigenvalue weighted by molar-refractivity contribution is 0.306. The van der Waals surface area contributed by atoms with Crippen LogP contribution in [-0.4, -0.2) is 11.2 Å². The van der Waals surface area contributed by atoms with Crippen LogP contribution in [0, 0.1) is 11.3 Å². The van der Waals surface area contributed by atoms with E-state index in [-0.39, 0.29) is 26.6 Å². The van der Waals surface area contributed by atoms with Crippen molar-refractivity contribution in [1.29, 1.82) is 5.26 Å². The average Bonchev–Trinajstić information content (AvgIpc) is 2.72. The molecule has 1 aromatic heterocycles. The van der Waals surface area contributed by atoms with Crippen LogP contribution in [0.5, 0.6) is 5.75 Å². The third-order valence-electron chi connectivity index (χ3n) is 3.66. The van der Waals surface area contributed by atoms with Crippen molar-refractivity contribution in [2.45, 2.75) is 6.61 Å². The first kappa shape index (κ1) is 20.0. The first-order valence-corrected chi connectivity index (χ1v) is 9.22. The van der Waals surface area contributed by atoms with Gasteiger partial charge in [0.05, 0.1) is 11.2 Å². The van der Waals surface area contributed by atoms with E-state index in [0.717, 1.165) is 16.9 Å². The molecule has 0 aliphatic rings. The summed E-state index contributed by atoms with van der Waals surface area (Å²) in [6, 6.07) is 19.2. The topological polar surface area (TPSA) is 70.3 Å². The van der Waals surface area contributed by atoms with Gasteiger partial charge in [-0.1, -0.05) is 65.1 Å². The Bertz CT molecular complexity index is 1030. The van der Waals surface area contributed by atoms with E-state index in [9.17, 15) is 0 Å². The summed E-state index contributed by atoms with van der Waals surface area (Å²) in [6.45, 7) is 0.500. The predicted molar refractivity (Wildman–Crippen MR) is 112 cm³/mol. The fraction of sp³-hybridized carbons (Fsp3) is 0.0500. The van der Waals surface area contributed by atoms with Gasteiger partial charge in [0, 0.05) is 0 Å². The number of hydrogen-bond acceptors (Lipinski definition) is 5. The number of pyridine rings is 1. The number of anilines is 1. The Kier molecular flexibility index (Phi) is 6.72. The SMILES string of the molecule is N#Cc1c(Cl)nc(N/N=C\c2ccc(OCc3ccccc3)cc2)c(Cl)c1Cl. The van der Waals surface area contributed by atoms with E-state index in [1.54, 1.807) is 6.21 Å². The Hall–Kier alpha value is -2.78. The van der Waals surface area contributed by atoms with Crippen molar-refractivity contribution < 1.29 is 4.74 Å². The largest absolute Gasteiger partial charge is 0.489 e. The third-order valence-corrected chi connectivity index (χ3v) is 4.78. The molecular formula is C20H13Cl3N4O. The summed E-state index contributed by atoms with van der Waals surface area (Å²) >= 11 is 18.0. The summed E-state index contributed by atoms with van der Waals surface area (Å²) in [5, 5.41) is 13.1. The van der Waals surface area contributed by atoms with Gasteiger partial charge in [-0.3, -0.25) is 5.43 Å². The number of rotatable bonds is 6. The third kappa shape index (κ3) is 4.93. The minimum absolute atomic E-state index is 0.0222. The molecule has 0 radical (unpaired) electrons. The van der Waals surface area contributed by atoms with Gasteiger partial charge in [0.1, 0.15) is 29.0 Å². The minimum atomic E-state index is -0.0467. The first-order valence-electron chi connectivity index (χ1n) is 8.09. The molecule has 140 valence electrons. The van der Waals surface area contributed by atoms with Crippen molar-refractivity contribution in [2.24, 2.45) is 5.10 Å². The monoisotopic (exact) mass is 430 g/mol. The highest BCUT2D eigenvalue weighted by Gasteiger charge is 2.15. The van der Waals surface area contributed by atoms with Crippen LogP contribution in [0.25, 0.3) is 0 Å². The van der Waals surface area contributed by atoms with Gasteiger partial charge < -0.3 is 4.74 Å². The summed E-state index contributed by atoms with van der Waals surface area (Å²) in [5.41, 5.74) is 4.63. The minimum Gasteiger partial charge on any atom is -0.489 e. The lowest BCUT2D eigenvalue weighted by Gasteiger charge is -2.07. The zero-order valence-corrected chi connectivity index (χ0v) is 16.6. The zero-order chi connectivity index (χ0) is 19.9. The second-order valence-electron chi connectivity index (χ2n) is 5.58. The van der Waals surface area contributed by atoms with Crippen LogP contribution in [0.2, 0.25) is 15.2 Å². The van der Waals surface area contributed by atoms with E-state index in [2.05, 4.69) is 15.5 Å². The van der Waals surface area contributed by atoms with E-state index in [1.165, 1.54) is 0 Å². The fourth-order valence-electron chi connectivity index (χ4n) is 2.24. The molecule has 28 heavy (non-hydrogen) atoms. The van der Waals surface area contributed by atoms with Crippen molar-refractivity contribution >= 4 is 46.8 Å². The van der Waals surface area contributed by atoms with Gasteiger partial charge in [0.25, 0.3) is 0 Å². The second-order valence-corrected chi connectivity index (χ2v) is 6.69. The van der Waals surface area contributed by atoms with E-state index in [4.69, 9.17) is 44.8 Å². The average molecular weight is 432 g/mol. The molecule has 0 saturated carbocycles. The highest BCUT2D eigenvalue weighted by Crippen LogP contribution is 2.34. The highest BCUT2D eigenvalue weighted by atomic mass is 35.5. The van der Waals surface area contributed by atoms with Gasteiger partial charge in [0.15, 0.2) is 11.0 Å². The molecule has 5 nitrogen and oxygen atoms in total. The summed E-state index contributed by atoms with van der Waals surface area (Å²) in [6.07, 6.45) is 1.58. The Morgan fingerprint density at radius 2 is 1.75 bits per heavy atom. The molecule has 8 heteroatoms. The Labute approximate surface area is 177 Å². The van der Waals surface area contributed by atoms with Gasteiger partial charge in [-0.15, -0.1) is 0 Å². The van der Waals surface area contributed by atoms with Crippen LogP contribution in [-0.2, 0) is 6.61 Å². The molecule has 0 aliphatic heterocycles. The van der Waals surface area contributed by atoms with Crippen LogP contribution in [0.1, 0.15) is 16.7 Å². The Morgan fingerprint density at radius 3 is 2.43 bits per heavy atom. The number of hydrogen-bond donors (Lipinski definition) is 1. The summed E-state index contributed by atoms with van der Waals surface area (Å²) in [4.78, 5) is 3.98. The molecule has 0 bridgehead atoms. The second kappa shape index (κ2) is 9.43. The first-order chi connectivity index (χ1) is 13.6. The van der Waals surface area contributed by atoms with Gasteiger partial charge >= 0.3 is 0 Å². The highest BCUT2D eigenvalue weighted by molar-refractivity contribution is 6.45. The molecule has 0 aliphatic carbocycles. The molecule has 0 atom stereocenters. The number of nitriles is 1. The van der Waals surface area contributed by atoms with Crippen molar-refractivity contribution in [3.05, 3.63) is 86.5 Å². The van der Waals surface area contributed by atoms with Crippen LogP contribution >= 0.6 is 34.8 Å². The molecule has 2 aromatic carbocycles. The van der Waals surface area contributed by atoms with Crippen molar-refractivity contribution in [2.75, 3.05) is 5.43 Å². The number of aromatic nitrogens is 1. The molecule has 1 heterocycles. The zero-order valence-electron chi connectivity index (χ0n) is 14.4.